The van der Waals surface area contributed by atoms with Gasteiger partial charge in [-0.25, -0.2) is 0 Å². The first-order chi connectivity index (χ1) is 11.7. The number of phenols is 1. The van der Waals surface area contributed by atoms with E-state index in [1.807, 2.05) is 36.4 Å². The van der Waals surface area contributed by atoms with Gasteiger partial charge in [0.25, 0.3) is 0 Å². The largest absolute Gasteiger partial charge is 0.504 e. The summed E-state index contributed by atoms with van der Waals surface area (Å²) in [6, 6.07) is 11.6. The van der Waals surface area contributed by atoms with Crippen LogP contribution in [0.2, 0.25) is 0 Å². The van der Waals surface area contributed by atoms with Crippen molar-refractivity contribution in [3.8, 4) is 17.2 Å². The Hall–Kier alpha value is -1.96. The average molecular weight is 326 g/mol. The topological polar surface area (TPSA) is 29.5 Å². The quantitative estimate of drug-likeness (QED) is 0.538. The van der Waals surface area contributed by atoms with Crippen molar-refractivity contribution in [2.24, 2.45) is 0 Å². The molecule has 0 saturated heterocycles. The van der Waals surface area contributed by atoms with Gasteiger partial charge in [-0.2, -0.15) is 0 Å². The normalized spacial score (nSPS) is 10.8. The fraction of sp³-hybridized carbons (Fsp3) is 0.455. The lowest BCUT2D eigenvalue weighted by atomic mass is 9.92. The summed E-state index contributed by atoms with van der Waals surface area (Å²) < 4.78 is 6.09. The SMILES string of the molecule is CCCCCCc1c(CC)c(CC)cc(O)c1Oc1ccccc1. The Morgan fingerprint density at radius 2 is 1.62 bits per heavy atom. The molecule has 130 valence electrons. The molecule has 0 bridgehead atoms. The molecule has 1 N–H and O–H groups in total. The van der Waals surface area contributed by atoms with Gasteiger partial charge in [0.2, 0.25) is 0 Å². The predicted molar refractivity (Wildman–Crippen MR) is 101 cm³/mol. The van der Waals surface area contributed by atoms with Gasteiger partial charge in [0, 0.05) is 5.56 Å². The lowest BCUT2D eigenvalue weighted by molar-refractivity contribution is 0.405. The number of hydrogen-bond donors (Lipinski definition) is 1. The zero-order valence-corrected chi connectivity index (χ0v) is 15.3. The second-order valence-corrected chi connectivity index (χ2v) is 6.27. The lowest BCUT2D eigenvalue weighted by Gasteiger charge is -2.19. The molecule has 0 aromatic heterocycles. The minimum atomic E-state index is 0.262. The molecule has 0 atom stereocenters. The Morgan fingerprint density at radius 3 is 2.25 bits per heavy atom. The van der Waals surface area contributed by atoms with E-state index in [4.69, 9.17) is 4.74 Å². The summed E-state index contributed by atoms with van der Waals surface area (Å²) in [4.78, 5) is 0. The van der Waals surface area contributed by atoms with E-state index in [1.54, 1.807) is 0 Å². The van der Waals surface area contributed by atoms with Crippen LogP contribution in [0.1, 0.15) is 63.1 Å². The van der Waals surface area contributed by atoms with Gasteiger partial charge >= 0.3 is 0 Å². The van der Waals surface area contributed by atoms with Crippen molar-refractivity contribution in [2.75, 3.05) is 0 Å². The second-order valence-electron chi connectivity index (χ2n) is 6.27. The molecular weight excluding hydrogens is 296 g/mol. The molecule has 0 aliphatic carbocycles. The van der Waals surface area contributed by atoms with Gasteiger partial charge in [0.05, 0.1) is 0 Å². The molecule has 0 aliphatic heterocycles. The highest BCUT2D eigenvalue weighted by molar-refractivity contribution is 5.55. The van der Waals surface area contributed by atoms with E-state index in [2.05, 4.69) is 20.8 Å². The van der Waals surface area contributed by atoms with Gasteiger partial charge in [-0.15, -0.1) is 0 Å². The minimum absolute atomic E-state index is 0.262. The first-order valence-corrected chi connectivity index (χ1v) is 9.30. The molecule has 0 saturated carbocycles. The van der Waals surface area contributed by atoms with Gasteiger partial charge in [0.15, 0.2) is 11.5 Å². The van der Waals surface area contributed by atoms with E-state index in [9.17, 15) is 5.11 Å². The molecule has 0 spiro atoms. The molecular formula is C22H30O2. The molecule has 2 rings (SSSR count). The standard InChI is InChI=1S/C22H30O2/c1-4-7-8-12-15-20-19(6-3)17(5-2)16-21(23)22(20)24-18-13-10-9-11-14-18/h9-11,13-14,16,23H,4-8,12,15H2,1-3H3. The third-order valence-corrected chi connectivity index (χ3v) is 4.55. The first kappa shape index (κ1) is 18.4. The number of benzene rings is 2. The summed E-state index contributed by atoms with van der Waals surface area (Å²) >= 11 is 0. The monoisotopic (exact) mass is 326 g/mol. The number of rotatable bonds is 9. The Morgan fingerprint density at radius 1 is 0.875 bits per heavy atom. The summed E-state index contributed by atoms with van der Waals surface area (Å²) in [5.74, 6) is 1.68. The van der Waals surface area contributed by atoms with Crippen LogP contribution >= 0.6 is 0 Å². The number of ether oxygens (including phenoxy) is 1. The molecule has 2 aromatic carbocycles. The van der Waals surface area contributed by atoms with Crippen LogP contribution in [0.15, 0.2) is 36.4 Å². The Kier molecular flexibility index (Phi) is 7.17. The zero-order valence-electron chi connectivity index (χ0n) is 15.3. The first-order valence-electron chi connectivity index (χ1n) is 9.30. The molecule has 24 heavy (non-hydrogen) atoms. The van der Waals surface area contributed by atoms with Crippen molar-refractivity contribution in [2.45, 2.75) is 65.7 Å². The van der Waals surface area contributed by atoms with Crippen LogP contribution in [0.25, 0.3) is 0 Å². The van der Waals surface area contributed by atoms with E-state index in [1.165, 1.54) is 36.0 Å². The fourth-order valence-electron chi connectivity index (χ4n) is 3.27. The molecule has 2 aromatic rings. The summed E-state index contributed by atoms with van der Waals surface area (Å²) in [6.45, 7) is 6.56. The predicted octanol–water partition coefficient (Wildman–Crippen LogP) is 6.43. The Balaban J connectivity index is 2.38. The Bertz CT molecular complexity index is 632. The highest BCUT2D eigenvalue weighted by Gasteiger charge is 2.18. The summed E-state index contributed by atoms with van der Waals surface area (Å²) in [6.07, 6.45) is 7.72. The van der Waals surface area contributed by atoms with Crippen LogP contribution in [0, 0.1) is 0 Å². The fourth-order valence-corrected chi connectivity index (χ4v) is 3.27. The number of phenolic OH excluding ortho intramolecular Hbond substituents is 1. The maximum absolute atomic E-state index is 10.6. The molecule has 0 heterocycles. The highest BCUT2D eigenvalue weighted by Crippen LogP contribution is 2.39. The van der Waals surface area contributed by atoms with Crippen molar-refractivity contribution in [3.63, 3.8) is 0 Å². The minimum Gasteiger partial charge on any atom is -0.504 e. The molecule has 0 unspecified atom stereocenters. The number of aromatic hydroxyl groups is 1. The molecule has 0 radical (unpaired) electrons. The maximum Gasteiger partial charge on any atom is 0.172 e. The number of unbranched alkanes of at least 4 members (excludes halogenated alkanes) is 3. The van der Waals surface area contributed by atoms with Crippen molar-refractivity contribution in [1.29, 1.82) is 0 Å². The summed E-state index contributed by atoms with van der Waals surface area (Å²) in [5.41, 5.74) is 3.77. The van der Waals surface area contributed by atoms with Crippen molar-refractivity contribution >= 4 is 0 Å². The van der Waals surface area contributed by atoms with Crippen LogP contribution < -0.4 is 4.74 Å². The van der Waals surface area contributed by atoms with Crippen LogP contribution in [0.4, 0.5) is 0 Å². The number of para-hydroxylation sites is 1. The number of hydrogen-bond acceptors (Lipinski definition) is 2. The lowest BCUT2D eigenvalue weighted by Crippen LogP contribution is -2.03. The summed E-state index contributed by atoms with van der Waals surface area (Å²) in [5, 5.41) is 10.6. The average Bonchev–Trinajstić information content (AvgIpc) is 2.61. The molecule has 2 nitrogen and oxygen atoms in total. The van der Waals surface area contributed by atoms with E-state index >= 15 is 0 Å². The zero-order chi connectivity index (χ0) is 17.4. The van der Waals surface area contributed by atoms with Gasteiger partial charge in [-0.05, 0) is 55.0 Å². The third kappa shape index (κ3) is 4.53. The molecule has 0 amide bonds. The highest BCUT2D eigenvalue weighted by atomic mass is 16.5. The van der Waals surface area contributed by atoms with E-state index < -0.39 is 0 Å². The van der Waals surface area contributed by atoms with Crippen molar-refractivity contribution in [1.82, 2.24) is 0 Å². The van der Waals surface area contributed by atoms with E-state index in [-0.39, 0.29) is 5.75 Å². The van der Waals surface area contributed by atoms with Crippen LogP contribution in [-0.2, 0) is 19.3 Å². The van der Waals surface area contributed by atoms with Crippen molar-refractivity contribution < 1.29 is 9.84 Å². The van der Waals surface area contributed by atoms with Crippen LogP contribution in [0.5, 0.6) is 17.2 Å². The molecule has 0 aliphatic rings. The van der Waals surface area contributed by atoms with Gasteiger partial charge < -0.3 is 9.84 Å². The van der Waals surface area contributed by atoms with Crippen LogP contribution in [0.3, 0.4) is 0 Å². The summed E-state index contributed by atoms with van der Waals surface area (Å²) in [7, 11) is 0. The van der Waals surface area contributed by atoms with E-state index in [0.29, 0.717) is 5.75 Å². The second kappa shape index (κ2) is 9.36. The third-order valence-electron chi connectivity index (χ3n) is 4.55. The van der Waals surface area contributed by atoms with Gasteiger partial charge in [-0.3, -0.25) is 0 Å². The van der Waals surface area contributed by atoms with Crippen LogP contribution in [-0.4, -0.2) is 5.11 Å². The smallest absolute Gasteiger partial charge is 0.172 e. The van der Waals surface area contributed by atoms with Gasteiger partial charge in [-0.1, -0.05) is 58.2 Å². The number of aryl methyl sites for hydroxylation is 1. The Labute approximate surface area is 146 Å². The van der Waals surface area contributed by atoms with Crippen molar-refractivity contribution in [3.05, 3.63) is 53.1 Å². The van der Waals surface area contributed by atoms with Gasteiger partial charge in [0.1, 0.15) is 5.75 Å². The van der Waals surface area contributed by atoms with E-state index in [0.717, 1.165) is 31.4 Å². The molecule has 2 heteroatoms. The molecule has 0 fully saturated rings. The maximum atomic E-state index is 10.6.